The van der Waals surface area contributed by atoms with Gasteiger partial charge in [0.05, 0.1) is 6.04 Å². The number of hydrogen-bond acceptors (Lipinski definition) is 2. The molecule has 0 heterocycles. The lowest BCUT2D eigenvalue weighted by Crippen LogP contribution is -2.33. The summed E-state index contributed by atoms with van der Waals surface area (Å²) in [5.41, 5.74) is 1.90. The molecule has 2 fully saturated rings. The van der Waals surface area contributed by atoms with Crippen LogP contribution < -0.4 is 10.6 Å². The maximum atomic E-state index is 12.3. The van der Waals surface area contributed by atoms with Gasteiger partial charge in [0.2, 0.25) is 11.8 Å². The van der Waals surface area contributed by atoms with Crippen molar-refractivity contribution in [2.45, 2.75) is 57.9 Å². The Balaban J connectivity index is 1.53. The first-order valence-electron chi connectivity index (χ1n) is 8.84. The van der Waals surface area contributed by atoms with Crippen LogP contribution in [0.1, 0.15) is 63.5 Å². The summed E-state index contributed by atoms with van der Waals surface area (Å²) in [6, 6.07) is 7.79. The van der Waals surface area contributed by atoms with E-state index in [9.17, 15) is 9.59 Å². The molecule has 2 aliphatic carbocycles. The molecule has 0 spiro atoms. The van der Waals surface area contributed by atoms with Crippen LogP contribution in [-0.4, -0.2) is 11.8 Å². The zero-order valence-corrected chi connectivity index (χ0v) is 13.8. The van der Waals surface area contributed by atoms with Gasteiger partial charge < -0.3 is 10.6 Å². The van der Waals surface area contributed by atoms with Crippen LogP contribution in [0.25, 0.3) is 0 Å². The van der Waals surface area contributed by atoms with E-state index in [0.717, 1.165) is 36.9 Å². The summed E-state index contributed by atoms with van der Waals surface area (Å²) < 4.78 is 0. The van der Waals surface area contributed by atoms with Crippen LogP contribution in [0.2, 0.25) is 0 Å². The predicted molar refractivity (Wildman–Crippen MR) is 90.9 cm³/mol. The molecule has 124 valence electrons. The van der Waals surface area contributed by atoms with Crippen LogP contribution in [0.5, 0.6) is 0 Å². The minimum absolute atomic E-state index is 0.00221. The van der Waals surface area contributed by atoms with Gasteiger partial charge in [0.1, 0.15) is 0 Å². The summed E-state index contributed by atoms with van der Waals surface area (Å²) in [5.74, 6) is 0.700. The van der Waals surface area contributed by atoms with E-state index in [-0.39, 0.29) is 29.7 Å². The molecule has 0 unspecified atom stereocenters. The molecule has 0 aromatic heterocycles. The van der Waals surface area contributed by atoms with Gasteiger partial charge in [-0.2, -0.15) is 0 Å². The van der Waals surface area contributed by atoms with E-state index in [1.54, 1.807) is 0 Å². The van der Waals surface area contributed by atoms with Crippen LogP contribution in [0, 0.1) is 11.8 Å². The predicted octanol–water partition coefficient (Wildman–Crippen LogP) is 3.79. The topological polar surface area (TPSA) is 58.2 Å². The Bertz CT molecular complexity index is 557. The minimum atomic E-state index is -0.00221. The van der Waals surface area contributed by atoms with Crippen molar-refractivity contribution in [3.05, 3.63) is 29.8 Å². The number of benzene rings is 1. The molecule has 0 saturated heterocycles. The van der Waals surface area contributed by atoms with Crippen molar-refractivity contribution < 1.29 is 9.59 Å². The average Bonchev–Trinajstić information content (AvgIpc) is 3.41. The third-order valence-electron chi connectivity index (χ3n) is 4.96. The highest BCUT2D eigenvalue weighted by Crippen LogP contribution is 2.30. The molecule has 1 aromatic carbocycles. The third kappa shape index (κ3) is 4.34. The number of nitrogens with one attached hydrogen (secondary N) is 2. The summed E-state index contributed by atoms with van der Waals surface area (Å²) in [7, 11) is 0. The number of rotatable bonds is 5. The Kier molecular flexibility index (Phi) is 4.99. The zero-order valence-electron chi connectivity index (χ0n) is 13.8. The lowest BCUT2D eigenvalue weighted by molar-refractivity contribution is -0.126. The number of carbonyl (C=O) groups excluding carboxylic acids is 2. The summed E-state index contributed by atoms with van der Waals surface area (Å²) >= 11 is 0. The molecule has 1 aromatic rings. The number of carbonyl (C=O) groups is 2. The lowest BCUT2D eigenvalue weighted by Gasteiger charge is -2.23. The largest absolute Gasteiger partial charge is 0.349 e. The lowest BCUT2D eigenvalue weighted by atomic mass is 9.88. The van der Waals surface area contributed by atoms with E-state index in [1.807, 2.05) is 31.2 Å². The molecule has 0 radical (unpaired) electrons. The first kappa shape index (κ1) is 16.0. The first-order valence-corrected chi connectivity index (χ1v) is 8.84. The van der Waals surface area contributed by atoms with Gasteiger partial charge in [-0.3, -0.25) is 9.59 Å². The smallest absolute Gasteiger partial charge is 0.227 e. The van der Waals surface area contributed by atoms with E-state index in [0.29, 0.717) is 0 Å². The van der Waals surface area contributed by atoms with Crippen LogP contribution in [0.4, 0.5) is 5.69 Å². The molecular weight excluding hydrogens is 288 g/mol. The molecule has 4 nitrogen and oxygen atoms in total. The fourth-order valence-corrected chi connectivity index (χ4v) is 3.22. The molecule has 2 saturated carbocycles. The van der Waals surface area contributed by atoms with Crippen LogP contribution in [0.3, 0.4) is 0 Å². The van der Waals surface area contributed by atoms with Gasteiger partial charge in [-0.1, -0.05) is 31.4 Å². The molecule has 2 amide bonds. The second-order valence-electron chi connectivity index (χ2n) is 6.95. The standard InChI is InChI=1S/C19H26N2O2/c1-13(20-18(22)15-5-3-2-4-6-15)14-9-11-17(12-10-14)21-19(23)16-7-8-16/h9-13,15-16H,2-8H2,1H3,(H,20,22)(H,21,23)/t13-/m1/s1. The maximum Gasteiger partial charge on any atom is 0.227 e. The van der Waals surface area contributed by atoms with Gasteiger partial charge in [-0.05, 0) is 50.3 Å². The number of amides is 2. The van der Waals surface area contributed by atoms with Gasteiger partial charge in [0.15, 0.2) is 0 Å². The molecule has 2 N–H and O–H groups in total. The minimum Gasteiger partial charge on any atom is -0.349 e. The van der Waals surface area contributed by atoms with E-state index >= 15 is 0 Å². The Morgan fingerprint density at radius 3 is 2.13 bits per heavy atom. The second-order valence-corrected chi connectivity index (χ2v) is 6.95. The van der Waals surface area contributed by atoms with Crippen molar-refractivity contribution >= 4 is 17.5 Å². The fraction of sp³-hybridized carbons (Fsp3) is 0.579. The van der Waals surface area contributed by atoms with Crippen LogP contribution in [-0.2, 0) is 9.59 Å². The van der Waals surface area contributed by atoms with Crippen molar-refractivity contribution in [2.75, 3.05) is 5.32 Å². The Morgan fingerprint density at radius 1 is 0.913 bits per heavy atom. The second kappa shape index (κ2) is 7.16. The highest BCUT2D eigenvalue weighted by atomic mass is 16.2. The summed E-state index contributed by atoms with van der Waals surface area (Å²) in [4.78, 5) is 24.1. The van der Waals surface area contributed by atoms with Gasteiger partial charge in [-0.15, -0.1) is 0 Å². The molecule has 23 heavy (non-hydrogen) atoms. The quantitative estimate of drug-likeness (QED) is 0.868. The van der Waals surface area contributed by atoms with Gasteiger partial charge in [0.25, 0.3) is 0 Å². The van der Waals surface area contributed by atoms with Crippen molar-refractivity contribution in [1.29, 1.82) is 0 Å². The summed E-state index contributed by atoms with van der Waals surface area (Å²) in [5, 5.41) is 6.06. The average molecular weight is 314 g/mol. The summed E-state index contributed by atoms with van der Waals surface area (Å²) in [6.45, 7) is 2.01. The highest BCUT2D eigenvalue weighted by Gasteiger charge is 2.29. The summed E-state index contributed by atoms with van der Waals surface area (Å²) in [6.07, 6.45) is 7.65. The molecule has 2 aliphatic rings. The molecule has 3 rings (SSSR count). The monoisotopic (exact) mass is 314 g/mol. The van der Waals surface area contributed by atoms with E-state index in [4.69, 9.17) is 0 Å². The van der Waals surface area contributed by atoms with E-state index in [2.05, 4.69) is 10.6 Å². The molecular formula is C19H26N2O2. The van der Waals surface area contributed by atoms with E-state index in [1.165, 1.54) is 19.3 Å². The molecule has 0 aliphatic heterocycles. The fourth-order valence-electron chi connectivity index (χ4n) is 3.22. The van der Waals surface area contributed by atoms with Crippen molar-refractivity contribution in [1.82, 2.24) is 5.32 Å². The third-order valence-corrected chi connectivity index (χ3v) is 4.96. The van der Waals surface area contributed by atoms with Crippen molar-refractivity contribution in [3.63, 3.8) is 0 Å². The highest BCUT2D eigenvalue weighted by molar-refractivity contribution is 5.94. The van der Waals surface area contributed by atoms with Gasteiger partial charge in [0, 0.05) is 17.5 Å². The molecule has 0 bridgehead atoms. The van der Waals surface area contributed by atoms with Crippen molar-refractivity contribution in [2.24, 2.45) is 11.8 Å². The van der Waals surface area contributed by atoms with Gasteiger partial charge >= 0.3 is 0 Å². The molecule has 1 atom stereocenters. The SMILES string of the molecule is C[C@@H](NC(=O)C1CCCCC1)c1ccc(NC(=O)C2CC2)cc1. The Morgan fingerprint density at radius 2 is 1.52 bits per heavy atom. The first-order chi connectivity index (χ1) is 11.1. The zero-order chi connectivity index (χ0) is 16.2. The normalized spacial score (nSPS) is 19.9. The van der Waals surface area contributed by atoms with Crippen molar-refractivity contribution in [3.8, 4) is 0 Å². The number of anilines is 1. The van der Waals surface area contributed by atoms with Gasteiger partial charge in [-0.25, -0.2) is 0 Å². The Labute approximate surface area is 138 Å². The maximum absolute atomic E-state index is 12.3. The van der Waals surface area contributed by atoms with E-state index < -0.39 is 0 Å². The van der Waals surface area contributed by atoms with Crippen LogP contribution in [0.15, 0.2) is 24.3 Å². The number of hydrogen-bond donors (Lipinski definition) is 2. The molecule has 4 heteroatoms. The Hall–Kier alpha value is -1.84. The van der Waals surface area contributed by atoms with Crippen LogP contribution >= 0.6 is 0 Å².